The average molecular weight is 385 g/mol. The minimum Gasteiger partial charge on any atom is -0.455 e. The highest BCUT2D eigenvalue weighted by atomic mass is 16.5. The molecular weight excluding hydrogens is 366 g/mol. The summed E-state index contributed by atoms with van der Waals surface area (Å²) in [5, 5.41) is 11.7. The van der Waals surface area contributed by atoms with Gasteiger partial charge in [0.25, 0.3) is 0 Å². The molecule has 0 bridgehead atoms. The van der Waals surface area contributed by atoms with E-state index in [0.29, 0.717) is 28.4 Å². The molecule has 3 rings (SSSR count). The first-order valence-corrected chi connectivity index (χ1v) is 8.97. The molecule has 144 valence electrons. The molecule has 0 radical (unpaired) electrons. The van der Waals surface area contributed by atoms with Crippen molar-refractivity contribution in [2.45, 2.75) is 6.92 Å². The molecule has 0 fully saturated rings. The van der Waals surface area contributed by atoms with E-state index in [0.717, 1.165) is 0 Å². The Bertz CT molecular complexity index is 1060. The molecule has 0 saturated heterocycles. The van der Waals surface area contributed by atoms with Crippen LogP contribution < -0.4 is 15.0 Å². The normalized spacial score (nSPS) is 9.93. The second-order valence-electron chi connectivity index (χ2n) is 6.23. The fraction of sp³-hybridized carbons (Fsp3) is 0.0870. The number of rotatable bonds is 6. The number of amides is 2. The second-order valence-corrected chi connectivity index (χ2v) is 6.23. The molecular formula is C23H19N3O3. The third kappa shape index (κ3) is 5.21. The van der Waals surface area contributed by atoms with Gasteiger partial charge in [0.1, 0.15) is 12.3 Å². The summed E-state index contributed by atoms with van der Waals surface area (Å²) in [5.74, 6) is 0.411. The summed E-state index contributed by atoms with van der Waals surface area (Å²) in [5.41, 5.74) is 1.42. The standard InChI is InChI=1S/C23H19N3O3/c1-17(27)26(16-23(28)25-19-9-7-8-18(14-19)15-24)21-12-5-6-13-22(21)29-20-10-3-2-4-11-20/h2-14H,16H2,1H3,(H,25,28). The number of nitrogens with one attached hydrogen (secondary N) is 1. The number of hydrogen-bond acceptors (Lipinski definition) is 4. The molecule has 0 aliphatic carbocycles. The van der Waals surface area contributed by atoms with Crippen LogP contribution >= 0.6 is 0 Å². The Kier molecular flexibility index (Phi) is 6.23. The summed E-state index contributed by atoms with van der Waals surface area (Å²) in [6, 6.07) is 24.9. The number of para-hydroxylation sites is 3. The molecule has 1 N–H and O–H groups in total. The van der Waals surface area contributed by atoms with Crippen molar-refractivity contribution in [3.63, 3.8) is 0 Å². The molecule has 3 aromatic carbocycles. The van der Waals surface area contributed by atoms with E-state index in [2.05, 4.69) is 5.32 Å². The first-order valence-electron chi connectivity index (χ1n) is 8.97. The number of ether oxygens (including phenoxy) is 1. The van der Waals surface area contributed by atoms with Crippen molar-refractivity contribution in [3.05, 3.63) is 84.4 Å². The molecule has 0 saturated carbocycles. The van der Waals surface area contributed by atoms with Gasteiger partial charge in [-0.15, -0.1) is 0 Å². The highest BCUT2D eigenvalue weighted by Gasteiger charge is 2.20. The SMILES string of the molecule is CC(=O)N(CC(=O)Nc1cccc(C#N)c1)c1ccccc1Oc1ccccc1. The van der Waals surface area contributed by atoms with Gasteiger partial charge in [-0.05, 0) is 42.5 Å². The predicted octanol–water partition coefficient (Wildman–Crippen LogP) is 4.34. The van der Waals surface area contributed by atoms with E-state index >= 15 is 0 Å². The molecule has 0 atom stereocenters. The number of nitrogens with zero attached hydrogens (tertiary/aromatic N) is 2. The zero-order valence-electron chi connectivity index (χ0n) is 15.8. The lowest BCUT2D eigenvalue weighted by molar-refractivity contribution is -0.120. The third-order valence-corrected chi connectivity index (χ3v) is 4.08. The van der Waals surface area contributed by atoms with Crippen LogP contribution in [0.3, 0.4) is 0 Å². The van der Waals surface area contributed by atoms with Crippen LogP contribution in [-0.2, 0) is 9.59 Å². The first kappa shape index (κ1) is 19.6. The minimum absolute atomic E-state index is 0.193. The van der Waals surface area contributed by atoms with Crippen LogP contribution in [0.4, 0.5) is 11.4 Å². The van der Waals surface area contributed by atoms with Gasteiger partial charge < -0.3 is 10.1 Å². The molecule has 0 aliphatic rings. The fourth-order valence-corrected chi connectivity index (χ4v) is 2.76. The number of benzene rings is 3. The van der Waals surface area contributed by atoms with Gasteiger partial charge in [-0.3, -0.25) is 14.5 Å². The number of nitriles is 1. The first-order chi connectivity index (χ1) is 14.1. The Morgan fingerprint density at radius 3 is 2.45 bits per heavy atom. The van der Waals surface area contributed by atoms with Crippen molar-refractivity contribution in [2.75, 3.05) is 16.8 Å². The lowest BCUT2D eigenvalue weighted by Gasteiger charge is -2.23. The number of hydrogen-bond donors (Lipinski definition) is 1. The van der Waals surface area contributed by atoms with Gasteiger partial charge in [-0.25, -0.2) is 0 Å². The Morgan fingerprint density at radius 1 is 1.00 bits per heavy atom. The monoisotopic (exact) mass is 385 g/mol. The number of carbonyl (C=O) groups is 2. The largest absolute Gasteiger partial charge is 0.455 e. The fourth-order valence-electron chi connectivity index (χ4n) is 2.76. The maximum Gasteiger partial charge on any atom is 0.244 e. The predicted molar refractivity (Wildman–Crippen MR) is 111 cm³/mol. The van der Waals surface area contributed by atoms with Gasteiger partial charge in [0, 0.05) is 12.6 Å². The van der Waals surface area contributed by atoms with E-state index in [-0.39, 0.29) is 18.4 Å². The zero-order valence-corrected chi connectivity index (χ0v) is 15.8. The summed E-state index contributed by atoms with van der Waals surface area (Å²) >= 11 is 0. The van der Waals surface area contributed by atoms with Gasteiger partial charge >= 0.3 is 0 Å². The molecule has 2 amide bonds. The topological polar surface area (TPSA) is 82.4 Å². The van der Waals surface area contributed by atoms with E-state index < -0.39 is 0 Å². The van der Waals surface area contributed by atoms with Crippen LogP contribution in [0.1, 0.15) is 12.5 Å². The van der Waals surface area contributed by atoms with E-state index in [1.54, 1.807) is 48.5 Å². The Balaban J connectivity index is 1.80. The quantitative estimate of drug-likeness (QED) is 0.684. The lowest BCUT2D eigenvalue weighted by atomic mass is 10.2. The van der Waals surface area contributed by atoms with Gasteiger partial charge in [0.05, 0.1) is 17.3 Å². The van der Waals surface area contributed by atoms with E-state index in [9.17, 15) is 9.59 Å². The average Bonchev–Trinajstić information content (AvgIpc) is 2.73. The van der Waals surface area contributed by atoms with Crippen LogP contribution in [0.2, 0.25) is 0 Å². The van der Waals surface area contributed by atoms with Crippen LogP contribution in [0, 0.1) is 11.3 Å². The van der Waals surface area contributed by atoms with Crippen molar-refractivity contribution in [1.29, 1.82) is 5.26 Å². The highest BCUT2D eigenvalue weighted by molar-refractivity contribution is 6.02. The van der Waals surface area contributed by atoms with Crippen molar-refractivity contribution < 1.29 is 14.3 Å². The molecule has 0 unspecified atom stereocenters. The zero-order chi connectivity index (χ0) is 20.6. The number of carbonyl (C=O) groups excluding carboxylic acids is 2. The van der Waals surface area contributed by atoms with Crippen molar-refractivity contribution in [2.24, 2.45) is 0 Å². The Morgan fingerprint density at radius 2 is 1.72 bits per heavy atom. The van der Waals surface area contributed by atoms with E-state index in [1.165, 1.54) is 11.8 Å². The van der Waals surface area contributed by atoms with E-state index in [1.807, 2.05) is 36.4 Å². The summed E-state index contributed by atoms with van der Waals surface area (Å²) in [7, 11) is 0. The molecule has 0 heterocycles. The molecule has 29 heavy (non-hydrogen) atoms. The molecule has 6 heteroatoms. The number of anilines is 2. The molecule has 0 spiro atoms. The Labute approximate surface area is 169 Å². The van der Waals surface area contributed by atoms with Crippen LogP contribution in [0.5, 0.6) is 11.5 Å². The smallest absolute Gasteiger partial charge is 0.244 e. The van der Waals surface area contributed by atoms with Crippen molar-refractivity contribution in [1.82, 2.24) is 0 Å². The van der Waals surface area contributed by atoms with Gasteiger partial charge in [0.2, 0.25) is 11.8 Å². The van der Waals surface area contributed by atoms with E-state index in [4.69, 9.17) is 10.00 Å². The molecule has 3 aromatic rings. The van der Waals surface area contributed by atoms with Crippen molar-refractivity contribution in [3.8, 4) is 17.6 Å². The maximum atomic E-state index is 12.5. The van der Waals surface area contributed by atoms with Gasteiger partial charge in [-0.2, -0.15) is 5.26 Å². The lowest BCUT2D eigenvalue weighted by Crippen LogP contribution is -2.36. The minimum atomic E-state index is -0.384. The summed E-state index contributed by atoms with van der Waals surface area (Å²) in [6.07, 6.45) is 0. The van der Waals surface area contributed by atoms with Crippen LogP contribution in [0.15, 0.2) is 78.9 Å². The summed E-state index contributed by atoms with van der Waals surface area (Å²) in [6.45, 7) is 1.20. The highest BCUT2D eigenvalue weighted by Crippen LogP contribution is 2.32. The molecule has 6 nitrogen and oxygen atoms in total. The second kappa shape index (κ2) is 9.20. The van der Waals surface area contributed by atoms with Crippen LogP contribution in [-0.4, -0.2) is 18.4 Å². The maximum absolute atomic E-state index is 12.5. The van der Waals surface area contributed by atoms with Gasteiger partial charge in [-0.1, -0.05) is 36.4 Å². The van der Waals surface area contributed by atoms with Gasteiger partial charge in [0.15, 0.2) is 5.75 Å². The third-order valence-electron chi connectivity index (χ3n) is 4.08. The van der Waals surface area contributed by atoms with Crippen molar-refractivity contribution >= 4 is 23.2 Å². The Hall–Kier alpha value is -4.11. The summed E-state index contributed by atoms with van der Waals surface area (Å²) in [4.78, 5) is 26.2. The molecule has 0 aliphatic heterocycles. The summed E-state index contributed by atoms with van der Waals surface area (Å²) < 4.78 is 5.91. The van der Waals surface area contributed by atoms with Crippen LogP contribution in [0.25, 0.3) is 0 Å². The molecule has 0 aromatic heterocycles.